The van der Waals surface area contributed by atoms with Gasteiger partial charge in [0.25, 0.3) is 0 Å². The summed E-state index contributed by atoms with van der Waals surface area (Å²) >= 11 is 0. The van der Waals surface area contributed by atoms with Crippen LogP contribution in [-0.2, 0) is 33.2 Å². The maximum atomic E-state index is 13.3. The molecule has 0 bridgehead atoms. The highest BCUT2D eigenvalue weighted by atomic mass is 16.8. The van der Waals surface area contributed by atoms with Crippen molar-refractivity contribution < 1.29 is 89.4 Å². The first-order valence-corrected chi connectivity index (χ1v) is 29.6. The van der Waals surface area contributed by atoms with E-state index in [0.29, 0.717) is 6.42 Å². The van der Waals surface area contributed by atoms with Gasteiger partial charge in [0.1, 0.15) is 73.2 Å². The van der Waals surface area contributed by atoms with Crippen LogP contribution >= 0.6 is 0 Å². The second-order valence-electron chi connectivity index (χ2n) is 21.5. The number of nitrogens with one attached hydrogen (secondary N) is 1. The van der Waals surface area contributed by atoms with E-state index in [9.17, 15) is 61.0 Å². The molecule has 3 rings (SSSR count). The minimum absolute atomic E-state index is 0.244. The molecule has 0 spiro atoms. The minimum Gasteiger partial charge on any atom is -0.394 e. The van der Waals surface area contributed by atoms with Gasteiger partial charge in [0, 0.05) is 6.42 Å². The summed E-state index contributed by atoms with van der Waals surface area (Å²) in [5.41, 5.74) is 0. The third-order valence-electron chi connectivity index (χ3n) is 15.0. The predicted octanol–water partition coefficient (Wildman–Crippen LogP) is 4.76. The van der Waals surface area contributed by atoms with Gasteiger partial charge in [0.15, 0.2) is 18.9 Å². The van der Waals surface area contributed by atoms with E-state index in [1.807, 2.05) is 6.08 Å². The van der Waals surface area contributed by atoms with Gasteiger partial charge in [0.2, 0.25) is 5.91 Å². The Morgan fingerprint density at radius 3 is 1.28 bits per heavy atom. The van der Waals surface area contributed by atoms with Crippen molar-refractivity contribution in [2.45, 2.75) is 304 Å². The number of allylic oxidation sites excluding steroid dienone is 3. The third-order valence-corrected chi connectivity index (χ3v) is 15.0. The number of rotatable bonds is 43. The molecule has 76 heavy (non-hydrogen) atoms. The fraction of sp³-hybridized carbons (Fsp3) is 0.912. The third kappa shape index (κ3) is 25.4. The Labute approximate surface area is 454 Å². The summed E-state index contributed by atoms with van der Waals surface area (Å²) in [4.78, 5) is 13.3. The summed E-state index contributed by atoms with van der Waals surface area (Å²) in [5, 5.41) is 120. The molecule has 0 saturated carbocycles. The molecule has 446 valence electrons. The van der Waals surface area contributed by atoms with E-state index in [0.717, 1.165) is 51.4 Å². The van der Waals surface area contributed by atoms with Crippen molar-refractivity contribution in [1.82, 2.24) is 5.32 Å². The van der Waals surface area contributed by atoms with Gasteiger partial charge in [-0.15, -0.1) is 0 Å². The lowest BCUT2D eigenvalue weighted by Gasteiger charge is -2.48. The van der Waals surface area contributed by atoms with Crippen LogP contribution in [0.15, 0.2) is 24.3 Å². The molecule has 0 radical (unpaired) electrons. The number of carbonyl (C=O) groups is 1. The molecule has 19 nitrogen and oxygen atoms in total. The molecule has 3 heterocycles. The van der Waals surface area contributed by atoms with Gasteiger partial charge < -0.3 is 89.9 Å². The molecule has 3 fully saturated rings. The van der Waals surface area contributed by atoms with Crippen molar-refractivity contribution in [2.75, 3.05) is 26.4 Å². The molecule has 0 aromatic rings. The standard InChI is InChI=1S/C57H105NO18/c1-3-5-7-9-11-13-14-15-16-17-18-19-20-21-22-23-24-25-26-27-29-31-33-35-45(63)58-40(41(62)34-32-30-28-12-10-8-6-4-2)39-71-55-51(69)48(66)53(43(37-60)73-55)76-57-52(70)49(67)54(44(38-61)74-57)75-56-50(68)47(65)46(64)42(36-59)72-56/h17-18,32,34,40-44,46-57,59-62,64-70H,3-16,19-31,33,35-39H2,1-2H3,(H,58,63)/b18-17-,34-32+. The zero-order valence-corrected chi connectivity index (χ0v) is 46.2. The van der Waals surface area contributed by atoms with E-state index in [-0.39, 0.29) is 18.9 Å². The van der Waals surface area contributed by atoms with Crippen molar-refractivity contribution in [3.8, 4) is 0 Å². The van der Waals surface area contributed by atoms with Gasteiger partial charge in [-0.3, -0.25) is 4.79 Å². The molecule has 19 heteroatoms. The molecule has 0 aromatic carbocycles. The normalized spacial score (nSPS) is 31.1. The number of hydrogen-bond donors (Lipinski definition) is 12. The highest BCUT2D eigenvalue weighted by Crippen LogP contribution is 2.33. The van der Waals surface area contributed by atoms with Crippen LogP contribution in [0.5, 0.6) is 0 Å². The largest absolute Gasteiger partial charge is 0.394 e. The van der Waals surface area contributed by atoms with E-state index >= 15 is 0 Å². The highest BCUT2D eigenvalue weighted by Gasteiger charge is 2.53. The number of hydrogen-bond acceptors (Lipinski definition) is 18. The van der Waals surface area contributed by atoms with E-state index in [4.69, 9.17) is 28.4 Å². The van der Waals surface area contributed by atoms with Crippen LogP contribution in [0.3, 0.4) is 0 Å². The van der Waals surface area contributed by atoms with E-state index in [2.05, 4.69) is 31.3 Å². The summed E-state index contributed by atoms with van der Waals surface area (Å²) in [6, 6.07) is -0.968. The Hall–Kier alpha value is -1.73. The molecule has 3 aliphatic heterocycles. The maximum Gasteiger partial charge on any atom is 0.220 e. The zero-order valence-electron chi connectivity index (χ0n) is 46.2. The molecular formula is C57H105NO18. The lowest BCUT2D eigenvalue weighted by molar-refractivity contribution is -0.379. The fourth-order valence-electron chi connectivity index (χ4n) is 10.1. The Morgan fingerprint density at radius 2 is 0.829 bits per heavy atom. The van der Waals surface area contributed by atoms with Gasteiger partial charge >= 0.3 is 0 Å². The molecule has 12 N–H and O–H groups in total. The first-order chi connectivity index (χ1) is 36.8. The number of aliphatic hydroxyl groups is 11. The summed E-state index contributed by atoms with van der Waals surface area (Å²) in [7, 11) is 0. The van der Waals surface area contributed by atoms with Gasteiger partial charge in [-0.1, -0.05) is 173 Å². The highest BCUT2D eigenvalue weighted by molar-refractivity contribution is 5.76. The summed E-state index contributed by atoms with van der Waals surface area (Å²) in [5.74, 6) is -0.280. The Morgan fingerprint density at radius 1 is 0.461 bits per heavy atom. The second-order valence-corrected chi connectivity index (χ2v) is 21.5. The first kappa shape index (κ1) is 68.5. The van der Waals surface area contributed by atoms with Crippen LogP contribution < -0.4 is 5.32 Å². The van der Waals surface area contributed by atoms with E-state index < -0.39 is 124 Å². The first-order valence-electron chi connectivity index (χ1n) is 29.6. The number of ether oxygens (including phenoxy) is 6. The Balaban J connectivity index is 1.43. The number of carbonyl (C=O) groups excluding carboxylic acids is 1. The lowest BCUT2D eigenvalue weighted by Crippen LogP contribution is -2.66. The summed E-state index contributed by atoms with van der Waals surface area (Å²) < 4.78 is 34.1. The molecule has 1 amide bonds. The average molecular weight is 1090 g/mol. The lowest BCUT2D eigenvalue weighted by atomic mass is 9.96. The number of unbranched alkanes of at least 4 members (excludes halogenated alkanes) is 25. The molecule has 3 saturated heterocycles. The van der Waals surface area contributed by atoms with Crippen molar-refractivity contribution >= 4 is 5.91 Å². The van der Waals surface area contributed by atoms with Crippen molar-refractivity contribution in [3.05, 3.63) is 24.3 Å². The van der Waals surface area contributed by atoms with Gasteiger partial charge in [-0.2, -0.15) is 0 Å². The van der Waals surface area contributed by atoms with Crippen molar-refractivity contribution in [3.63, 3.8) is 0 Å². The Kier molecular flexibility index (Phi) is 37.2. The van der Waals surface area contributed by atoms with Crippen LogP contribution in [-0.4, -0.2) is 193 Å². The van der Waals surface area contributed by atoms with Crippen LogP contribution in [0, 0.1) is 0 Å². The molecular weight excluding hydrogens is 987 g/mol. The minimum atomic E-state index is -1.97. The predicted molar refractivity (Wildman–Crippen MR) is 286 cm³/mol. The van der Waals surface area contributed by atoms with Crippen LogP contribution in [0.25, 0.3) is 0 Å². The van der Waals surface area contributed by atoms with E-state index in [1.165, 1.54) is 122 Å². The van der Waals surface area contributed by atoms with Crippen LogP contribution in [0.2, 0.25) is 0 Å². The molecule has 17 atom stereocenters. The van der Waals surface area contributed by atoms with Crippen molar-refractivity contribution in [2.24, 2.45) is 0 Å². The molecule has 17 unspecified atom stereocenters. The van der Waals surface area contributed by atoms with Crippen LogP contribution in [0.1, 0.15) is 200 Å². The van der Waals surface area contributed by atoms with Crippen LogP contribution in [0.4, 0.5) is 0 Å². The second kappa shape index (κ2) is 41.3. The Bertz CT molecular complexity index is 1490. The van der Waals surface area contributed by atoms with Crippen molar-refractivity contribution in [1.29, 1.82) is 0 Å². The topological polar surface area (TPSA) is 307 Å². The number of aliphatic hydroxyl groups excluding tert-OH is 11. The van der Waals surface area contributed by atoms with Gasteiger partial charge in [-0.25, -0.2) is 0 Å². The van der Waals surface area contributed by atoms with E-state index in [1.54, 1.807) is 6.08 Å². The van der Waals surface area contributed by atoms with Gasteiger partial charge in [0.05, 0.1) is 38.6 Å². The monoisotopic (exact) mass is 1090 g/mol. The number of amides is 1. The fourth-order valence-corrected chi connectivity index (χ4v) is 10.1. The maximum absolute atomic E-state index is 13.3. The average Bonchev–Trinajstić information content (AvgIpc) is 3.41. The zero-order chi connectivity index (χ0) is 55.5. The SMILES string of the molecule is CCCCCCCC/C=C/C(O)C(COC1OC(CO)C(OC2OC(CO)C(OC3OC(CO)C(O)C(O)C3O)C(O)C2O)C(O)C1O)NC(=O)CCCCCCCCCCCCC/C=C\CCCCCCCCCC. The molecule has 0 aromatic heterocycles. The van der Waals surface area contributed by atoms with Gasteiger partial charge in [-0.05, 0) is 44.9 Å². The molecule has 3 aliphatic rings. The smallest absolute Gasteiger partial charge is 0.220 e. The summed E-state index contributed by atoms with van der Waals surface area (Å²) in [6.07, 6.45) is 14.9. The summed E-state index contributed by atoms with van der Waals surface area (Å²) in [6.45, 7) is 1.66. The quantitative estimate of drug-likeness (QED) is 0.0289. The molecule has 0 aliphatic carbocycles.